The van der Waals surface area contributed by atoms with Crippen molar-refractivity contribution in [3.05, 3.63) is 83.4 Å². The van der Waals surface area contributed by atoms with Gasteiger partial charge in [-0.1, -0.05) is 30.3 Å². The molecule has 0 unspecified atom stereocenters. The highest BCUT2D eigenvalue weighted by atomic mass is 32.2. The number of rotatable bonds is 7. The lowest BCUT2D eigenvalue weighted by molar-refractivity contribution is -0.113. The van der Waals surface area contributed by atoms with E-state index in [1.165, 1.54) is 11.8 Å². The SMILES string of the molecule is CN(Cc1ccc(NC(=O)C2=Cc3cc(-c4ccc(S(C)(=O)=O)cc4)ccc3OCC2)cc1)C1CCOCC1. The van der Waals surface area contributed by atoms with E-state index in [9.17, 15) is 13.2 Å². The van der Waals surface area contributed by atoms with E-state index < -0.39 is 9.84 Å². The van der Waals surface area contributed by atoms with Crippen LogP contribution >= 0.6 is 0 Å². The smallest absolute Gasteiger partial charge is 0.251 e. The van der Waals surface area contributed by atoms with Gasteiger partial charge in [0.05, 0.1) is 11.5 Å². The second-order valence-corrected chi connectivity index (χ2v) is 12.2. The van der Waals surface area contributed by atoms with Gasteiger partial charge in [0, 0.05) is 55.3 Å². The van der Waals surface area contributed by atoms with E-state index in [-0.39, 0.29) is 10.8 Å². The standard InChI is InChI=1S/C31H34N2O5S/c1-33(28-14-16-37-17-15-28)21-22-3-8-27(9-4-22)32-31(34)25-13-18-38-30-12-7-24(19-26(30)20-25)23-5-10-29(11-6-23)39(2,35)36/h3-12,19-20,28H,13-18,21H2,1-2H3,(H,32,34). The molecule has 2 aliphatic rings. The lowest BCUT2D eigenvalue weighted by Crippen LogP contribution is -2.36. The Kier molecular flexibility index (Phi) is 8.16. The van der Waals surface area contributed by atoms with E-state index in [4.69, 9.17) is 9.47 Å². The number of ether oxygens (including phenoxy) is 2. The summed E-state index contributed by atoms with van der Waals surface area (Å²) in [4.78, 5) is 15.8. The molecular weight excluding hydrogens is 512 g/mol. The molecule has 1 fully saturated rings. The number of hydrogen-bond donors (Lipinski definition) is 1. The largest absolute Gasteiger partial charge is 0.493 e. The normalized spacial score (nSPS) is 16.1. The van der Waals surface area contributed by atoms with Gasteiger partial charge in [0.15, 0.2) is 9.84 Å². The number of hydrogen-bond acceptors (Lipinski definition) is 6. The van der Waals surface area contributed by atoms with Gasteiger partial charge >= 0.3 is 0 Å². The monoisotopic (exact) mass is 546 g/mol. The second-order valence-electron chi connectivity index (χ2n) is 10.2. The van der Waals surface area contributed by atoms with Gasteiger partial charge in [0.1, 0.15) is 5.75 Å². The molecule has 39 heavy (non-hydrogen) atoms. The maximum absolute atomic E-state index is 13.2. The molecule has 0 radical (unpaired) electrons. The number of nitrogens with one attached hydrogen (secondary N) is 1. The van der Waals surface area contributed by atoms with Crippen LogP contribution in [-0.2, 0) is 25.9 Å². The third-order valence-electron chi connectivity index (χ3n) is 7.33. The van der Waals surface area contributed by atoms with Gasteiger partial charge in [-0.25, -0.2) is 8.42 Å². The van der Waals surface area contributed by atoms with Crippen LogP contribution < -0.4 is 10.1 Å². The van der Waals surface area contributed by atoms with Crippen molar-refractivity contribution < 1.29 is 22.7 Å². The van der Waals surface area contributed by atoms with Crippen molar-refractivity contribution in [2.75, 3.05) is 38.4 Å². The molecule has 7 nitrogen and oxygen atoms in total. The minimum absolute atomic E-state index is 0.151. The van der Waals surface area contributed by atoms with E-state index in [1.54, 1.807) is 24.3 Å². The van der Waals surface area contributed by atoms with Gasteiger partial charge in [-0.3, -0.25) is 9.69 Å². The van der Waals surface area contributed by atoms with E-state index in [0.717, 1.165) is 55.0 Å². The predicted octanol–water partition coefficient (Wildman–Crippen LogP) is 5.17. The van der Waals surface area contributed by atoms with Crippen LogP contribution in [0.3, 0.4) is 0 Å². The minimum atomic E-state index is -3.26. The van der Waals surface area contributed by atoms with Crippen molar-refractivity contribution in [2.45, 2.75) is 36.7 Å². The average Bonchev–Trinajstić information content (AvgIpc) is 3.16. The third-order valence-corrected chi connectivity index (χ3v) is 8.46. The molecule has 0 atom stereocenters. The fourth-order valence-corrected chi connectivity index (χ4v) is 5.66. The Bertz CT molecular complexity index is 1460. The summed E-state index contributed by atoms with van der Waals surface area (Å²) in [6.45, 7) is 2.92. The molecule has 0 aliphatic carbocycles. The minimum Gasteiger partial charge on any atom is -0.493 e. The maximum Gasteiger partial charge on any atom is 0.251 e. The Morgan fingerprint density at radius 3 is 2.33 bits per heavy atom. The number of carbonyl (C=O) groups excluding carboxylic acids is 1. The zero-order chi connectivity index (χ0) is 27.4. The topological polar surface area (TPSA) is 84.9 Å². The first-order valence-electron chi connectivity index (χ1n) is 13.2. The van der Waals surface area contributed by atoms with E-state index in [2.05, 4.69) is 29.4 Å². The number of anilines is 1. The number of sulfone groups is 1. The average molecular weight is 547 g/mol. The van der Waals surface area contributed by atoms with Crippen LogP contribution in [0.5, 0.6) is 5.75 Å². The Balaban J connectivity index is 1.27. The molecule has 3 aromatic rings. The molecule has 3 aromatic carbocycles. The van der Waals surface area contributed by atoms with Crippen molar-refractivity contribution in [1.82, 2.24) is 4.90 Å². The van der Waals surface area contributed by atoms with E-state index >= 15 is 0 Å². The van der Waals surface area contributed by atoms with Crippen molar-refractivity contribution in [3.63, 3.8) is 0 Å². The number of carbonyl (C=O) groups is 1. The number of benzene rings is 3. The van der Waals surface area contributed by atoms with Crippen LogP contribution in [0.15, 0.2) is 77.2 Å². The van der Waals surface area contributed by atoms with Gasteiger partial charge in [0.25, 0.3) is 5.91 Å². The van der Waals surface area contributed by atoms with Gasteiger partial charge in [-0.15, -0.1) is 0 Å². The molecule has 2 heterocycles. The maximum atomic E-state index is 13.2. The fourth-order valence-electron chi connectivity index (χ4n) is 5.02. The molecule has 204 valence electrons. The Hall–Kier alpha value is -3.46. The molecule has 0 bridgehead atoms. The van der Waals surface area contributed by atoms with Gasteiger partial charge in [-0.05, 0) is 79.1 Å². The Labute approximate surface area is 230 Å². The third kappa shape index (κ3) is 6.76. The highest BCUT2D eigenvalue weighted by Gasteiger charge is 2.19. The van der Waals surface area contributed by atoms with Gasteiger partial charge in [-0.2, -0.15) is 0 Å². The van der Waals surface area contributed by atoms with Crippen molar-refractivity contribution in [3.8, 4) is 16.9 Å². The zero-order valence-electron chi connectivity index (χ0n) is 22.4. The van der Waals surface area contributed by atoms with Crippen LogP contribution in [0.4, 0.5) is 5.69 Å². The number of amides is 1. The molecule has 5 rings (SSSR count). The number of fused-ring (bicyclic) bond motifs is 1. The van der Waals surface area contributed by atoms with Gasteiger partial charge < -0.3 is 14.8 Å². The lowest BCUT2D eigenvalue weighted by Gasteiger charge is -2.31. The zero-order valence-corrected chi connectivity index (χ0v) is 23.2. The summed E-state index contributed by atoms with van der Waals surface area (Å²) < 4.78 is 35.0. The molecule has 2 aliphatic heterocycles. The molecule has 1 amide bonds. The van der Waals surface area contributed by atoms with E-state index in [1.807, 2.05) is 36.4 Å². The molecule has 1 N–H and O–H groups in total. The summed E-state index contributed by atoms with van der Waals surface area (Å²) in [5.41, 5.74) is 5.21. The number of nitrogens with zero attached hydrogens (tertiary/aromatic N) is 1. The molecular formula is C31H34N2O5S. The van der Waals surface area contributed by atoms with Crippen LogP contribution in [0.2, 0.25) is 0 Å². The van der Waals surface area contributed by atoms with Gasteiger partial charge in [0.2, 0.25) is 0 Å². The van der Waals surface area contributed by atoms with Crippen molar-refractivity contribution >= 4 is 27.5 Å². The van der Waals surface area contributed by atoms with Crippen molar-refractivity contribution in [1.29, 1.82) is 0 Å². The van der Waals surface area contributed by atoms with Crippen LogP contribution in [-0.4, -0.2) is 58.4 Å². The predicted molar refractivity (Wildman–Crippen MR) is 153 cm³/mol. The summed E-state index contributed by atoms with van der Waals surface area (Å²) in [5.74, 6) is 0.564. The first-order chi connectivity index (χ1) is 18.8. The second kappa shape index (κ2) is 11.7. The Morgan fingerprint density at radius 2 is 1.64 bits per heavy atom. The summed E-state index contributed by atoms with van der Waals surface area (Å²) in [7, 11) is -1.10. The van der Waals surface area contributed by atoms with Crippen LogP contribution in [0.1, 0.15) is 30.4 Å². The van der Waals surface area contributed by atoms with Crippen LogP contribution in [0, 0.1) is 0 Å². The van der Waals surface area contributed by atoms with E-state index in [0.29, 0.717) is 30.4 Å². The summed E-state index contributed by atoms with van der Waals surface area (Å²) >= 11 is 0. The Morgan fingerprint density at radius 1 is 0.949 bits per heavy atom. The molecule has 0 aromatic heterocycles. The molecule has 1 saturated heterocycles. The molecule has 8 heteroatoms. The summed E-state index contributed by atoms with van der Waals surface area (Å²) in [5, 5.41) is 3.03. The first-order valence-corrected chi connectivity index (χ1v) is 15.1. The summed E-state index contributed by atoms with van der Waals surface area (Å²) in [6.07, 6.45) is 5.68. The lowest BCUT2D eigenvalue weighted by atomic mass is 10.0. The highest BCUT2D eigenvalue weighted by molar-refractivity contribution is 7.90. The fraction of sp³-hybridized carbons (Fsp3) is 0.323. The highest BCUT2D eigenvalue weighted by Crippen LogP contribution is 2.32. The van der Waals surface area contributed by atoms with Crippen LogP contribution in [0.25, 0.3) is 17.2 Å². The molecule has 0 saturated carbocycles. The quantitative estimate of drug-likeness (QED) is 0.440. The summed E-state index contributed by atoms with van der Waals surface area (Å²) in [6, 6.07) is 21.2. The first kappa shape index (κ1) is 27.1. The molecule has 0 spiro atoms. The van der Waals surface area contributed by atoms with Crippen molar-refractivity contribution in [2.24, 2.45) is 0 Å².